The van der Waals surface area contributed by atoms with Gasteiger partial charge in [-0.2, -0.15) is 0 Å². The second-order valence-electron chi connectivity index (χ2n) is 7.19. The molecular formula is C20H39NO. The monoisotopic (exact) mass is 309 g/mol. The highest BCUT2D eigenvalue weighted by atomic mass is 16.1. The van der Waals surface area contributed by atoms with Crippen LogP contribution in [0.1, 0.15) is 116 Å². The molecule has 0 aliphatic carbocycles. The first-order valence-corrected chi connectivity index (χ1v) is 10.1. The average molecular weight is 310 g/mol. The van der Waals surface area contributed by atoms with E-state index in [1.807, 2.05) is 0 Å². The van der Waals surface area contributed by atoms with Gasteiger partial charge < -0.3 is 5.32 Å². The van der Waals surface area contributed by atoms with Crippen molar-refractivity contribution in [3.63, 3.8) is 0 Å². The molecule has 0 aromatic carbocycles. The Kier molecular flexibility index (Phi) is 12.5. The van der Waals surface area contributed by atoms with Crippen LogP contribution in [0, 0.1) is 0 Å². The molecule has 1 atom stereocenters. The molecule has 0 saturated carbocycles. The maximum Gasteiger partial charge on any atom is 0.220 e. The highest BCUT2D eigenvalue weighted by Crippen LogP contribution is 2.16. The predicted octanol–water partition coefficient (Wildman–Crippen LogP) is 6.14. The highest BCUT2D eigenvalue weighted by molar-refractivity contribution is 5.78. The zero-order chi connectivity index (χ0) is 15.9. The zero-order valence-corrected chi connectivity index (χ0v) is 15.0. The van der Waals surface area contributed by atoms with Gasteiger partial charge in [-0.3, -0.25) is 4.79 Å². The van der Waals surface area contributed by atoms with E-state index >= 15 is 0 Å². The number of hydrogen-bond acceptors (Lipinski definition) is 1. The molecule has 1 heterocycles. The smallest absolute Gasteiger partial charge is 0.220 e. The van der Waals surface area contributed by atoms with Crippen LogP contribution in [0.2, 0.25) is 0 Å². The van der Waals surface area contributed by atoms with E-state index in [2.05, 4.69) is 12.2 Å². The van der Waals surface area contributed by atoms with Crippen LogP contribution < -0.4 is 5.32 Å². The molecule has 1 saturated heterocycles. The van der Waals surface area contributed by atoms with Gasteiger partial charge >= 0.3 is 0 Å². The SMILES string of the molecule is CCCCCCCCCCCCCCCCC1CCC(=O)N1. The average Bonchev–Trinajstić information content (AvgIpc) is 2.93. The van der Waals surface area contributed by atoms with Gasteiger partial charge in [-0.05, 0) is 12.8 Å². The molecule has 130 valence electrons. The van der Waals surface area contributed by atoms with Crippen molar-refractivity contribution >= 4 is 5.91 Å². The molecule has 2 heteroatoms. The first-order valence-electron chi connectivity index (χ1n) is 10.1. The topological polar surface area (TPSA) is 29.1 Å². The van der Waals surface area contributed by atoms with E-state index < -0.39 is 0 Å². The van der Waals surface area contributed by atoms with Gasteiger partial charge in [0.25, 0.3) is 0 Å². The Hall–Kier alpha value is -0.530. The van der Waals surface area contributed by atoms with Crippen molar-refractivity contribution in [2.24, 2.45) is 0 Å². The fraction of sp³-hybridized carbons (Fsp3) is 0.950. The summed E-state index contributed by atoms with van der Waals surface area (Å²) in [6, 6.07) is 0.491. The summed E-state index contributed by atoms with van der Waals surface area (Å²) in [7, 11) is 0. The summed E-state index contributed by atoms with van der Waals surface area (Å²) in [6.45, 7) is 2.28. The Labute approximate surface area is 138 Å². The lowest BCUT2D eigenvalue weighted by molar-refractivity contribution is -0.119. The van der Waals surface area contributed by atoms with Crippen molar-refractivity contribution in [2.75, 3.05) is 0 Å². The second kappa shape index (κ2) is 14.1. The van der Waals surface area contributed by atoms with E-state index in [1.165, 1.54) is 96.3 Å². The quantitative estimate of drug-likeness (QED) is 0.362. The maximum atomic E-state index is 11.1. The third kappa shape index (κ3) is 11.1. The van der Waals surface area contributed by atoms with Gasteiger partial charge in [0, 0.05) is 12.5 Å². The molecule has 1 fully saturated rings. The largest absolute Gasteiger partial charge is 0.353 e. The number of amides is 1. The van der Waals surface area contributed by atoms with E-state index in [0.29, 0.717) is 6.04 Å². The van der Waals surface area contributed by atoms with Crippen LogP contribution in [0.4, 0.5) is 0 Å². The van der Waals surface area contributed by atoms with Gasteiger partial charge in [0.05, 0.1) is 0 Å². The molecule has 22 heavy (non-hydrogen) atoms. The first-order chi connectivity index (χ1) is 10.8. The van der Waals surface area contributed by atoms with Gasteiger partial charge in [0.1, 0.15) is 0 Å². The number of rotatable bonds is 15. The molecule has 1 N–H and O–H groups in total. The van der Waals surface area contributed by atoms with Gasteiger partial charge in [-0.15, -0.1) is 0 Å². The summed E-state index contributed by atoms with van der Waals surface area (Å²) < 4.78 is 0. The van der Waals surface area contributed by atoms with Crippen molar-refractivity contribution in [1.29, 1.82) is 0 Å². The summed E-state index contributed by atoms with van der Waals surface area (Å²) in [4.78, 5) is 11.1. The Bertz CT molecular complexity index is 264. The lowest BCUT2D eigenvalue weighted by atomic mass is 10.0. The number of unbranched alkanes of at least 4 members (excludes halogenated alkanes) is 13. The molecule has 0 bridgehead atoms. The molecule has 0 spiro atoms. The Morgan fingerprint density at radius 1 is 0.773 bits per heavy atom. The van der Waals surface area contributed by atoms with Crippen molar-refractivity contribution in [2.45, 2.75) is 122 Å². The summed E-state index contributed by atoms with van der Waals surface area (Å²) in [5.74, 6) is 0.260. The minimum absolute atomic E-state index is 0.260. The van der Waals surface area contributed by atoms with Crippen LogP contribution in [-0.2, 0) is 4.79 Å². The summed E-state index contributed by atoms with van der Waals surface area (Å²) >= 11 is 0. The van der Waals surface area contributed by atoms with E-state index in [4.69, 9.17) is 0 Å². The third-order valence-electron chi connectivity index (χ3n) is 4.99. The third-order valence-corrected chi connectivity index (χ3v) is 4.99. The van der Waals surface area contributed by atoms with Crippen LogP contribution in [0.25, 0.3) is 0 Å². The second-order valence-corrected chi connectivity index (χ2v) is 7.19. The number of hydrogen-bond donors (Lipinski definition) is 1. The van der Waals surface area contributed by atoms with Gasteiger partial charge in [-0.1, -0.05) is 96.8 Å². The molecule has 0 radical (unpaired) electrons. The highest BCUT2D eigenvalue weighted by Gasteiger charge is 2.19. The molecule has 1 rings (SSSR count). The molecule has 1 aliphatic heterocycles. The molecule has 2 nitrogen and oxygen atoms in total. The summed E-state index contributed by atoms with van der Waals surface area (Å²) in [5, 5.41) is 3.06. The number of carbonyl (C=O) groups excluding carboxylic acids is 1. The van der Waals surface area contributed by atoms with E-state index in [0.717, 1.165) is 12.8 Å². The van der Waals surface area contributed by atoms with Crippen LogP contribution in [0.5, 0.6) is 0 Å². The normalized spacial score (nSPS) is 17.9. The first kappa shape index (κ1) is 19.5. The van der Waals surface area contributed by atoms with Crippen LogP contribution >= 0.6 is 0 Å². The summed E-state index contributed by atoms with van der Waals surface area (Å²) in [6.07, 6.45) is 22.8. The van der Waals surface area contributed by atoms with E-state index in [9.17, 15) is 4.79 Å². The lowest BCUT2D eigenvalue weighted by Gasteiger charge is -2.09. The van der Waals surface area contributed by atoms with Crippen LogP contribution in [0.3, 0.4) is 0 Å². The van der Waals surface area contributed by atoms with Crippen molar-refractivity contribution in [3.05, 3.63) is 0 Å². The maximum absolute atomic E-state index is 11.1. The molecule has 0 aromatic rings. The minimum atomic E-state index is 0.260. The fourth-order valence-corrected chi connectivity index (χ4v) is 3.48. The van der Waals surface area contributed by atoms with Crippen molar-refractivity contribution in [3.8, 4) is 0 Å². The fourth-order valence-electron chi connectivity index (χ4n) is 3.48. The number of carbonyl (C=O) groups is 1. The van der Waals surface area contributed by atoms with Crippen LogP contribution in [0.15, 0.2) is 0 Å². The van der Waals surface area contributed by atoms with Crippen molar-refractivity contribution < 1.29 is 4.79 Å². The van der Waals surface area contributed by atoms with E-state index in [-0.39, 0.29) is 5.91 Å². The summed E-state index contributed by atoms with van der Waals surface area (Å²) in [5.41, 5.74) is 0. The van der Waals surface area contributed by atoms with Gasteiger partial charge in [0.2, 0.25) is 5.91 Å². The van der Waals surface area contributed by atoms with Crippen molar-refractivity contribution in [1.82, 2.24) is 5.32 Å². The molecular weight excluding hydrogens is 270 g/mol. The molecule has 1 amide bonds. The van der Waals surface area contributed by atoms with Gasteiger partial charge in [-0.25, -0.2) is 0 Å². The molecule has 1 aliphatic rings. The number of nitrogens with one attached hydrogen (secondary N) is 1. The minimum Gasteiger partial charge on any atom is -0.353 e. The predicted molar refractivity (Wildman–Crippen MR) is 96.1 cm³/mol. The molecule has 0 aromatic heterocycles. The Balaban J connectivity index is 1.69. The van der Waals surface area contributed by atoms with Crippen LogP contribution in [-0.4, -0.2) is 11.9 Å². The Morgan fingerprint density at radius 2 is 1.23 bits per heavy atom. The standard InChI is InChI=1S/C20H39NO/c1-2-3-4-5-6-7-8-9-10-11-12-13-14-15-16-19-17-18-20(22)21-19/h19H,2-18H2,1H3,(H,21,22). The van der Waals surface area contributed by atoms with E-state index in [1.54, 1.807) is 0 Å². The van der Waals surface area contributed by atoms with Gasteiger partial charge in [0.15, 0.2) is 0 Å². The lowest BCUT2D eigenvalue weighted by Crippen LogP contribution is -2.24. The molecule has 1 unspecified atom stereocenters. The Morgan fingerprint density at radius 3 is 1.64 bits per heavy atom. The zero-order valence-electron chi connectivity index (χ0n) is 15.0.